The number of nitrogens with zero attached hydrogens (tertiary/aromatic N) is 2. The number of carbonyl (C=O) groups excluding carboxylic acids is 6. The van der Waals surface area contributed by atoms with Crippen molar-refractivity contribution in [2.45, 2.75) is 57.5 Å². The molecule has 5 aliphatic rings. The number of hydrogen-bond donors (Lipinski definition) is 1. The number of amides is 1. The first-order valence-electron chi connectivity index (χ1n) is 13.4. The molecule has 1 saturated heterocycles. The summed E-state index contributed by atoms with van der Waals surface area (Å²) >= 11 is 0. The summed E-state index contributed by atoms with van der Waals surface area (Å²) in [5.41, 5.74) is 1.35. The van der Waals surface area contributed by atoms with Crippen LogP contribution in [0.1, 0.15) is 27.2 Å². The third-order valence-electron chi connectivity index (χ3n) is 9.06. The standard InChI is InChI=1S/C29H33N3O9/c1-11-22(34)18-14(24(36)26(11)39-5)8-15-21-19-20(23(35)12(2)27(40-6)25(19)37)28(41-7)17(31(21)4)10-32(15)16(18)9-30-29(38)13(3)33/h15-17,21,28H,8-10H2,1-7H3,(H,30,38). The summed E-state index contributed by atoms with van der Waals surface area (Å²) in [6.07, 6.45) is -0.662. The molecule has 0 radical (unpaired) electrons. The van der Waals surface area contributed by atoms with Gasteiger partial charge in [-0.05, 0) is 27.3 Å². The molecule has 218 valence electrons. The average Bonchev–Trinajstić information content (AvgIpc) is 2.93. The minimum Gasteiger partial charge on any atom is -0.492 e. The number of Topliss-reactive ketones (excluding diaryl/α,β-unsaturated/α-hetero) is 5. The van der Waals surface area contributed by atoms with E-state index in [-0.39, 0.29) is 69.5 Å². The largest absolute Gasteiger partial charge is 0.492 e. The van der Waals surface area contributed by atoms with Crippen molar-refractivity contribution in [2.24, 2.45) is 0 Å². The Balaban J connectivity index is 1.69. The molecule has 1 N–H and O–H groups in total. The van der Waals surface area contributed by atoms with Gasteiger partial charge in [-0.2, -0.15) is 0 Å². The van der Waals surface area contributed by atoms with E-state index >= 15 is 0 Å². The fourth-order valence-corrected chi connectivity index (χ4v) is 7.14. The molecule has 1 amide bonds. The van der Waals surface area contributed by atoms with Crippen molar-refractivity contribution >= 4 is 34.8 Å². The molecule has 12 nitrogen and oxygen atoms in total. The molecule has 1 fully saturated rings. The van der Waals surface area contributed by atoms with Crippen molar-refractivity contribution in [1.82, 2.24) is 15.1 Å². The molecule has 0 aromatic rings. The highest BCUT2D eigenvalue weighted by atomic mass is 16.5. The molecule has 5 unspecified atom stereocenters. The number of likely N-dealkylation sites (N-methyl/N-ethyl adjacent to an activating group) is 1. The van der Waals surface area contributed by atoms with Gasteiger partial charge in [0.05, 0.1) is 32.3 Å². The van der Waals surface area contributed by atoms with E-state index in [1.54, 1.807) is 6.92 Å². The highest BCUT2D eigenvalue weighted by Gasteiger charge is 2.59. The van der Waals surface area contributed by atoms with E-state index in [2.05, 4.69) is 5.32 Å². The van der Waals surface area contributed by atoms with Crippen LogP contribution in [0.15, 0.2) is 45.0 Å². The normalized spacial score (nSPS) is 30.4. The van der Waals surface area contributed by atoms with Crippen molar-refractivity contribution in [3.05, 3.63) is 45.0 Å². The first-order chi connectivity index (χ1) is 19.4. The summed E-state index contributed by atoms with van der Waals surface area (Å²) < 4.78 is 16.5. The molecule has 2 bridgehead atoms. The highest BCUT2D eigenvalue weighted by molar-refractivity contribution is 6.35. The Morgan fingerprint density at radius 3 is 2.00 bits per heavy atom. The average molecular weight is 568 g/mol. The number of methoxy groups -OCH3 is 3. The number of nitrogens with one attached hydrogen (secondary N) is 1. The first-order valence-corrected chi connectivity index (χ1v) is 13.4. The molecule has 0 saturated carbocycles. The number of fused-ring (bicyclic) bond motifs is 5. The van der Waals surface area contributed by atoms with Gasteiger partial charge in [0, 0.05) is 66.6 Å². The summed E-state index contributed by atoms with van der Waals surface area (Å²) in [4.78, 5) is 82.9. The van der Waals surface area contributed by atoms with Crippen LogP contribution in [0.5, 0.6) is 0 Å². The molecule has 12 heteroatoms. The lowest BCUT2D eigenvalue weighted by molar-refractivity contribution is -0.137. The van der Waals surface area contributed by atoms with Crippen molar-refractivity contribution in [3.8, 4) is 0 Å². The van der Waals surface area contributed by atoms with E-state index in [0.29, 0.717) is 6.54 Å². The molecule has 2 aliphatic carbocycles. The molecule has 5 rings (SSSR count). The van der Waals surface area contributed by atoms with Crippen LogP contribution >= 0.6 is 0 Å². The van der Waals surface area contributed by atoms with Crippen LogP contribution < -0.4 is 5.32 Å². The number of carbonyl (C=O) groups is 6. The fourth-order valence-electron chi connectivity index (χ4n) is 7.14. The zero-order chi connectivity index (χ0) is 30.1. The predicted molar refractivity (Wildman–Crippen MR) is 142 cm³/mol. The van der Waals surface area contributed by atoms with Crippen LogP contribution in [0.4, 0.5) is 0 Å². The Hall–Kier alpha value is -3.74. The second kappa shape index (κ2) is 10.3. The molecule has 5 atom stereocenters. The summed E-state index contributed by atoms with van der Waals surface area (Å²) in [5, 5.41) is 2.61. The van der Waals surface area contributed by atoms with Gasteiger partial charge >= 0.3 is 0 Å². The van der Waals surface area contributed by atoms with Crippen LogP contribution in [0.25, 0.3) is 0 Å². The Bertz CT molecular complexity index is 1450. The van der Waals surface area contributed by atoms with Gasteiger partial charge in [-0.15, -0.1) is 0 Å². The van der Waals surface area contributed by atoms with E-state index in [1.807, 2.05) is 16.8 Å². The molecule has 0 aromatic heterocycles. The third kappa shape index (κ3) is 3.99. The summed E-state index contributed by atoms with van der Waals surface area (Å²) in [6.45, 7) is 4.39. The van der Waals surface area contributed by atoms with E-state index in [9.17, 15) is 28.8 Å². The number of hydrogen-bond acceptors (Lipinski definition) is 11. The van der Waals surface area contributed by atoms with Crippen LogP contribution in [0, 0.1) is 0 Å². The highest BCUT2D eigenvalue weighted by Crippen LogP contribution is 2.47. The van der Waals surface area contributed by atoms with Crippen LogP contribution in [0.2, 0.25) is 0 Å². The smallest absolute Gasteiger partial charge is 0.287 e. The third-order valence-corrected chi connectivity index (χ3v) is 9.06. The van der Waals surface area contributed by atoms with E-state index in [4.69, 9.17) is 14.2 Å². The van der Waals surface area contributed by atoms with Gasteiger partial charge in [0.15, 0.2) is 23.1 Å². The lowest BCUT2D eigenvalue weighted by atomic mass is 9.68. The van der Waals surface area contributed by atoms with Gasteiger partial charge in [-0.25, -0.2) is 0 Å². The molecular weight excluding hydrogens is 534 g/mol. The lowest BCUT2D eigenvalue weighted by Crippen LogP contribution is -2.74. The second-order valence-electron chi connectivity index (χ2n) is 10.9. The first kappa shape index (κ1) is 28.8. The maximum Gasteiger partial charge on any atom is 0.287 e. The number of ketones is 5. The van der Waals surface area contributed by atoms with E-state index < -0.39 is 53.5 Å². The van der Waals surface area contributed by atoms with Crippen LogP contribution in [-0.2, 0) is 43.0 Å². The quantitative estimate of drug-likeness (QED) is 0.330. The fraction of sp³-hybridized carbons (Fsp3) is 0.517. The minimum absolute atomic E-state index is 0.0438. The summed E-state index contributed by atoms with van der Waals surface area (Å²) in [6, 6.07) is -2.39. The van der Waals surface area contributed by atoms with Crippen molar-refractivity contribution in [3.63, 3.8) is 0 Å². The van der Waals surface area contributed by atoms with Crippen LogP contribution in [0.3, 0.4) is 0 Å². The van der Waals surface area contributed by atoms with Gasteiger partial charge < -0.3 is 19.5 Å². The van der Waals surface area contributed by atoms with E-state index in [1.165, 1.54) is 28.3 Å². The summed E-state index contributed by atoms with van der Waals surface area (Å²) in [5.74, 6) is -3.19. The Kier molecular flexibility index (Phi) is 7.21. The molecule has 41 heavy (non-hydrogen) atoms. The maximum atomic E-state index is 13.9. The Morgan fingerprint density at radius 2 is 1.44 bits per heavy atom. The van der Waals surface area contributed by atoms with Crippen molar-refractivity contribution < 1.29 is 43.0 Å². The lowest BCUT2D eigenvalue weighted by Gasteiger charge is -2.59. The molecular formula is C29H33N3O9. The zero-order valence-electron chi connectivity index (χ0n) is 24.1. The maximum absolute atomic E-state index is 13.9. The predicted octanol–water partition coefficient (Wildman–Crippen LogP) is -0.417. The molecule has 0 spiro atoms. The monoisotopic (exact) mass is 567 g/mol. The molecule has 0 aromatic carbocycles. The number of piperazine rings is 1. The van der Waals surface area contributed by atoms with Gasteiger partial charge in [0.25, 0.3) is 5.91 Å². The Labute approximate surface area is 237 Å². The number of ether oxygens (including phenoxy) is 3. The Morgan fingerprint density at radius 1 is 0.854 bits per heavy atom. The SMILES string of the molecule is COC1=C(C)C(=O)C2=C(CC3C4C5=C(C(=O)C(C)=C(OC)C5=O)C(OC)C(CN3C2CNC(=O)C(C)=O)N4C)C1=O. The summed E-state index contributed by atoms with van der Waals surface area (Å²) in [7, 11) is 5.98. The van der Waals surface area contributed by atoms with Gasteiger partial charge in [-0.3, -0.25) is 38.6 Å². The molecule has 3 aliphatic heterocycles. The van der Waals surface area contributed by atoms with Crippen molar-refractivity contribution in [1.29, 1.82) is 0 Å². The number of allylic oxidation sites excluding steroid dienone is 4. The van der Waals surface area contributed by atoms with Gasteiger partial charge in [0.1, 0.15) is 6.10 Å². The van der Waals surface area contributed by atoms with Crippen LogP contribution in [-0.4, -0.2) is 116 Å². The topological polar surface area (TPSA) is 149 Å². The van der Waals surface area contributed by atoms with Gasteiger partial charge in [0.2, 0.25) is 17.3 Å². The minimum atomic E-state index is -0.818. The van der Waals surface area contributed by atoms with Crippen molar-refractivity contribution in [2.75, 3.05) is 41.5 Å². The second-order valence-corrected chi connectivity index (χ2v) is 10.9. The van der Waals surface area contributed by atoms with Gasteiger partial charge in [-0.1, -0.05) is 0 Å². The zero-order valence-corrected chi connectivity index (χ0v) is 24.1. The molecule has 3 heterocycles. The van der Waals surface area contributed by atoms with E-state index in [0.717, 1.165) is 6.92 Å². The number of rotatable bonds is 6.